The van der Waals surface area contributed by atoms with Crippen LogP contribution < -0.4 is 10.1 Å². The predicted molar refractivity (Wildman–Crippen MR) is 70.1 cm³/mol. The summed E-state index contributed by atoms with van der Waals surface area (Å²) in [6, 6.07) is 5.77. The number of hydrogen-bond donors (Lipinski definition) is 1. The van der Waals surface area contributed by atoms with E-state index in [-0.39, 0.29) is 0 Å². The lowest BCUT2D eigenvalue weighted by molar-refractivity contribution is 0.304. The highest BCUT2D eigenvalue weighted by Gasteiger charge is 1.98. The summed E-state index contributed by atoms with van der Waals surface area (Å²) in [5, 5.41) is 2.97. The first-order valence-corrected chi connectivity index (χ1v) is 5.93. The molecule has 2 heterocycles. The summed E-state index contributed by atoms with van der Waals surface area (Å²) in [5.41, 5.74) is 1.02. The van der Waals surface area contributed by atoms with Crippen LogP contribution in [-0.4, -0.2) is 17.0 Å². The van der Waals surface area contributed by atoms with Crippen molar-refractivity contribution in [1.29, 1.82) is 0 Å². The minimum absolute atomic E-state index is 0.481. The fourth-order valence-corrected chi connectivity index (χ4v) is 1.64. The third-order valence-corrected chi connectivity index (χ3v) is 2.60. The number of nitrogens with zero attached hydrogens (tertiary/aromatic N) is 2. The topological polar surface area (TPSA) is 47.0 Å². The van der Waals surface area contributed by atoms with Crippen molar-refractivity contribution in [3.63, 3.8) is 0 Å². The molecule has 2 aromatic rings. The molecular weight excluding hydrogens is 282 g/mol. The van der Waals surface area contributed by atoms with E-state index in [1.165, 1.54) is 0 Å². The Bertz CT molecular complexity index is 487. The van der Waals surface area contributed by atoms with Crippen LogP contribution >= 0.6 is 15.9 Å². The third kappa shape index (κ3) is 3.42. The van der Waals surface area contributed by atoms with Gasteiger partial charge in [-0.05, 0) is 28.1 Å². The highest BCUT2D eigenvalue weighted by atomic mass is 79.9. The highest BCUT2D eigenvalue weighted by molar-refractivity contribution is 9.10. The van der Waals surface area contributed by atoms with Gasteiger partial charge in [0.05, 0.1) is 6.20 Å². The van der Waals surface area contributed by atoms with E-state index in [9.17, 15) is 0 Å². The lowest BCUT2D eigenvalue weighted by Crippen LogP contribution is -1.98. The van der Waals surface area contributed by atoms with Crippen LogP contribution in [0.15, 0.2) is 41.3 Å². The molecule has 0 radical (unpaired) electrons. The van der Waals surface area contributed by atoms with E-state index in [1.807, 2.05) is 25.2 Å². The van der Waals surface area contributed by atoms with E-state index in [1.54, 1.807) is 18.6 Å². The van der Waals surface area contributed by atoms with Gasteiger partial charge in [0, 0.05) is 29.5 Å². The van der Waals surface area contributed by atoms with E-state index in [0.29, 0.717) is 6.61 Å². The first-order chi connectivity index (χ1) is 8.28. The van der Waals surface area contributed by atoms with Crippen LogP contribution in [0.5, 0.6) is 5.75 Å². The average Bonchev–Trinajstić information content (AvgIpc) is 2.37. The summed E-state index contributed by atoms with van der Waals surface area (Å²) >= 11 is 3.34. The zero-order valence-electron chi connectivity index (χ0n) is 9.35. The smallest absolute Gasteiger partial charge is 0.139 e. The fourth-order valence-electron chi connectivity index (χ4n) is 1.30. The van der Waals surface area contributed by atoms with Crippen LogP contribution in [0.25, 0.3) is 0 Å². The summed E-state index contributed by atoms with van der Waals surface area (Å²) in [7, 11) is 1.84. The van der Waals surface area contributed by atoms with Crippen molar-refractivity contribution >= 4 is 21.7 Å². The van der Waals surface area contributed by atoms with Crippen molar-refractivity contribution in [1.82, 2.24) is 9.97 Å². The second kappa shape index (κ2) is 5.63. The van der Waals surface area contributed by atoms with Gasteiger partial charge in [0.2, 0.25) is 0 Å². The molecule has 0 fully saturated rings. The number of nitrogens with one attached hydrogen (secondary N) is 1. The van der Waals surface area contributed by atoms with Gasteiger partial charge in [-0.15, -0.1) is 0 Å². The molecule has 0 spiro atoms. The van der Waals surface area contributed by atoms with Crippen molar-refractivity contribution in [2.75, 3.05) is 12.4 Å². The van der Waals surface area contributed by atoms with Crippen molar-refractivity contribution in [3.05, 3.63) is 46.8 Å². The molecule has 0 aliphatic carbocycles. The number of halogens is 1. The molecule has 0 saturated heterocycles. The molecule has 0 amide bonds. The van der Waals surface area contributed by atoms with Gasteiger partial charge in [-0.1, -0.05) is 6.07 Å². The van der Waals surface area contributed by atoms with E-state index in [0.717, 1.165) is 21.6 Å². The monoisotopic (exact) mass is 293 g/mol. The maximum atomic E-state index is 5.59. The molecular formula is C12H12BrN3O. The molecule has 2 rings (SSSR count). The number of hydrogen-bond acceptors (Lipinski definition) is 4. The van der Waals surface area contributed by atoms with Crippen molar-refractivity contribution < 1.29 is 4.74 Å². The Morgan fingerprint density at radius 2 is 2.18 bits per heavy atom. The van der Waals surface area contributed by atoms with Crippen molar-refractivity contribution in [2.24, 2.45) is 0 Å². The third-order valence-electron chi connectivity index (χ3n) is 2.17. The van der Waals surface area contributed by atoms with Crippen LogP contribution in [-0.2, 0) is 6.61 Å². The first-order valence-electron chi connectivity index (χ1n) is 5.14. The fraction of sp³-hybridized carbons (Fsp3) is 0.167. The molecule has 0 unspecified atom stereocenters. The van der Waals surface area contributed by atoms with Gasteiger partial charge in [-0.2, -0.15) is 0 Å². The molecule has 0 bridgehead atoms. The number of pyridine rings is 2. The maximum absolute atomic E-state index is 5.59. The van der Waals surface area contributed by atoms with E-state index in [2.05, 4.69) is 31.2 Å². The quantitative estimate of drug-likeness (QED) is 0.942. The molecule has 17 heavy (non-hydrogen) atoms. The Labute approximate surface area is 108 Å². The van der Waals surface area contributed by atoms with Gasteiger partial charge in [0.25, 0.3) is 0 Å². The van der Waals surface area contributed by atoms with Crippen LogP contribution in [0.3, 0.4) is 0 Å². The Hall–Kier alpha value is -1.62. The van der Waals surface area contributed by atoms with Gasteiger partial charge < -0.3 is 10.1 Å². The molecule has 5 heteroatoms. The number of rotatable bonds is 4. The van der Waals surface area contributed by atoms with E-state index in [4.69, 9.17) is 4.74 Å². The lowest BCUT2D eigenvalue weighted by atomic mass is 10.3. The largest absolute Gasteiger partial charge is 0.487 e. The zero-order valence-corrected chi connectivity index (χ0v) is 10.9. The number of anilines is 1. The van der Waals surface area contributed by atoms with Crippen LogP contribution in [0, 0.1) is 0 Å². The Balaban J connectivity index is 1.97. The first kappa shape index (κ1) is 11.9. The van der Waals surface area contributed by atoms with Crippen LogP contribution in [0.4, 0.5) is 5.82 Å². The van der Waals surface area contributed by atoms with Gasteiger partial charge in [0.15, 0.2) is 0 Å². The summed E-state index contributed by atoms with van der Waals surface area (Å²) in [6.45, 7) is 0.481. The summed E-state index contributed by atoms with van der Waals surface area (Å²) in [4.78, 5) is 8.24. The Morgan fingerprint density at radius 1 is 1.29 bits per heavy atom. The molecule has 0 aliphatic rings. The highest BCUT2D eigenvalue weighted by Crippen LogP contribution is 2.17. The Kier molecular flexibility index (Phi) is 3.93. The van der Waals surface area contributed by atoms with Gasteiger partial charge in [0.1, 0.15) is 18.2 Å². The van der Waals surface area contributed by atoms with Crippen LogP contribution in [0.2, 0.25) is 0 Å². The predicted octanol–water partition coefficient (Wildman–Crippen LogP) is 2.86. The standard InChI is InChI=1S/C12H12BrN3O/c1-14-12-3-2-9(5-16-12)8-17-11-4-10(13)6-15-7-11/h2-7H,8H2,1H3,(H,14,16). The molecule has 2 aromatic heterocycles. The number of ether oxygens (including phenoxy) is 1. The van der Waals surface area contributed by atoms with E-state index < -0.39 is 0 Å². The van der Waals surface area contributed by atoms with Gasteiger partial charge in [-0.3, -0.25) is 4.98 Å². The van der Waals surface area contributed by atoms with Crippen molar-refractivity contribution in [2.45, 2.75) is 6.61 Å². The molecule has 0 aromatic carbocycles. The van der Waals surface area contributed by atoms with Crippen molar-refractivity contribution in [3.8, 4) is 5.75 Å². The average molecular weight is 294 g/mol. The lowest BCUT2D eigenvalue weighted by Gasteiger charge is -2.06. The van der Waals surface area contributed by atoms with Gasteiger partial charge in [-0.25, -0.2) is 4.98 Å². The zero-order chi connectivity index (χ0) is 12.1. The molecule has 88 valence electrons. The molecule has 0 saturated carbocycles. The summed E-state index contributed by atoms with van der Waals surface area (Å²) in [5.74, 6) is 1.58. The molecule has 4 nitrogen and oxygen atoms in total. The van der Waals surface area contributed by atoms with Crippen LogP contribution in [0.1, 0.15) is 5.56 Å². The Morgan fingerprint density at radius 3 is 2.82 bits per heavy atom. The SMILES string of the molecule is CNc1ccc(COc2cncc(Br)c2)cn1. The van der Waals surface area contributed by atoms with Gasteiger partial charge >= 0.3 is 0 Å². The molecule has 0 aliphatic heterocycles. The molecule has 1 N–H and O–H groups in total. The minimum atomic E-state index is 0.481. The number of aromatic nitrogens is 2. The maximum Gasteiger partial charge on any atom is 0.139 e. The second-order valence-electron chi connectivity index (χ2n) is 3.43. The minimum Gasteiger partial charge on any atom is -0.487 e. The second-order valence-corrected chi connectivity index (χ2v) is 4.34. The summed E-state index contributed by atoms with van der Waals surface area (Å²) < 4.78 is 6.50. The molecule has 0 atom stereocenters. The normalized spacial score (nSPS) is 10.0. The summed E-state index contributed by atoms with van der Waals surface area (Å²) in [6.07, 6.45) is 5.19. The van der Waals surface area contributed by atoms with E-state index >= 15 is 0 Å².